The quantitative estimate of drug-likeness (QED) is 0.504. The number of methoxy groups -OCH3 is 2. The topological polar surface area (TPSA) is 103 Å². The third-order valence-electron chi connectivity index (χ3n) is 6.15. The smallest absolute Gasteiger partial charge is 0.359 e. The van der Waals surface area contributed by atoms with E-state index >= 15 is 0 Å². The van der Waals surface area contributed by atoms with Crippen molar-refractivity contribution in [3.63, 3.8) is 0 Å². The van der Waals surface area contributed by atoms with Crippen LogP contribution in [0.1, 0.15) is 39.0 Å². The lowest BCUT2D eigenvalue weighted by molar-refractivity contribution is -0.133. The molecule has 0 saturated carbocycles. The van der Waals surface area contributed by atoms with Crippen LogP contribution in [0, 0.1) is 0 Å². The predicted molar refractivity (Wildman–Crippen MR) is 128 cm³/mol. The zero-order valence-corrected chi connectivity index (χ0v) is 20.3. The summed E-state index contributed by atoms with van der Waals surface area (Å²) in [5, 5.41) is 3.40. The Morgan fingerprint density at radius 3 is 2.49 bits per heavy atom. The Kier molecular flexibility index (Phi) is 6.79. The fourth-order valence-electron chi connectivity index (χ4n) is 4.19. The minimum absolute atomic E-state index is 0.0584. The van der Waals surface area contributed by atoms with Crippen LogP contribution in [0.25, 0.3) is 0 Å². The molecular formula is C25H25ClN4O5. The minimum Gasteiger partial charge on any atom is -0.496 e. The van der Waals surface area contributed by atoms with Crippen molar-refractivity contribution >= 4 is 29.4 Å². The number of rotatable bonds is 7. The van der Waals surface area contributed by atoms with Crippen LogP contribution in [-0.2, 0) is 29.2 Å². The standard InChI is InChI=1S/C25H25ClN4O5/c1-25(24(33)27-12-16-8-5-7-11-19(16)34-2)14-29-15-28-20(23(32)35-3)21(29)22(31)30(25)13-17-9-4-6-10-18(17)26/h4-11,15H,12-14H2,1-3H3,(H,27,33)/t25-/m0/s1. The summed E-state index contributed by atoms with van der Waals surface area (Å²) < 4.78 is 11.7. The van der Waals surface area contributed by atoms with Crippen molar-refractivity contribution in [3.8, 4) is 5.75 Å². The highest BCUT2D eigenvalue weighted by Gasteiger charge is 2.49. The van der Waals surface area contributed by atoms with E-state index in [2.05, 4.69) is 10.3 Å². The number of nitrogens with one attached hydrogen (secondary N) is 1. The van der Waals surface area contributed by atoms with Gasteiger partial charge in [0.15, 0.2) is 5.69 Å². The summed E-state index contributed by atoms with van der Waals surface area (Å²) in [7, 11) is 2.78. The fraction of sp³-hybridized carbons (Fsp3) is 0.280. The van der Waals surface area contributed by atoms with Crippen LogP contribution < -0.4 is 10.1 Å². The van der Waals surface area contributed by atoms with E-state index in [1.807, 2.05) is 24.3 Å². The number of carbonyl (C=O) groups excluding carboxylic acids is 3. The molecular weight excluding hydrogens is 472 g/mol. The summed E-state index contributed by atoms with van der Waals surface area (Å²) >= 11 is 6.38. The van der Waals surface area contributed by atoms with Crippen molar-refractivity contribution in [1.29, 1.82) is 0 Å². The number of imidazole rings is 1. The van der Waals surface area contributed by atoms with E-state index < -0.39 is 17.4 Å². The third kappa shape index (κ3) is 4.46. The number of benzene rings is 2. The molecule has 0 unspecified atom stereocenters. The average molecular weight is 497 g/mol. The maximum atomic E-state index is 13.7. The van der Waals surface area contributed by atoms with Crippen molar-refractivity contribution in [3.05, 3.63) is 82.4 Å². The molecule has 9 nitrogen and oxygen atoms in total. The monoisotopic (exact) mass is 496 g/mol. The number of aromatic nitrogens is 2. The first-order chi connectivity index (χ1) is 16.8. The van der Waals surface area contributed by atoms with Crippen LogP contribution in [-0.4, -0.2) is 52.0 Å². The number of hydrogen-bond donors (Lipinski definition) is 1. The molecule has 10 heteroatoms. The lowest BCUT2D eigenvalue weighted by Crippen LogP contribution is -2.63. The van der Waals surface area contributed by atoms with Crippen molar-refractivity contribution < 1.29 is 23.9 Å². The van der Waals surface area contributed by atoms with E-state index in [0.29, 0.717) is 16.3 Å². The maximum absolute atomic E-state index is 13.7. The summed E-state index contributed by atoms with van der Waals surface area (Å²) in [4.78, 5) is 45.1. The van der Waals surface area contributed by atoms with Gasteiger partial charge in [-0.1, -0.05) is 48.0 Å². The Hall–Kier alpha value is -3.85. The number of para-hydroxylation sites is 1. The molecule has 3 aromatic rings. The number of fused-ring (bicyclic) bond motifs is 1. The summed E-state index contributed by atoms with van der Waals surface area (Å²) in [6.07, 6.45) is 1.37. The van der Waals surface area contributed by atoms with E-state index in [1.165, 1.54) is 22.9 Å². The van der Waals surface area contributed by atoms with Gasteiger partial charge in [0.25, 0.3) is 5.91 Å². The van der Waals surface area contributed by atoms with Gasteiger partial charge in [0.2, 0.25) is 5.91 Å². The predicted octanol–water partition coefficient (Wildman–Crippen LogP) is 3.06. The molecule has 1 aliphatic heterocycles. The molecule has 0 spiro atoms. The second-order valence-corrected chi connectivity index (χ2v) is 8.72. The molecule has 0 bridgehead atoms. The number of hydrogen-bond acceptors (Lipinski definition) is 6. The van der Waals surface area contributed by atoms with E-state index in [4.69, 9.17) is 21.1 Å². The van der Waals surface area contributed by atoms with Crippen molar-refractivity contribution in [2.24, 2.45) is 0 Å². The number of esters is 1. The molecule has 4 rings (SSSR count). The summed E-state index contributed by atoms with van der Waals surface area (Å²) in [6.45, 7) is 2.03. The Morgan fingerprint density at radius 1 is 1.11 bits per heavy atom. The van der Waals surface area contributed by atoms with E-state index in [-0.39, 0.29) is 36.9 Å². The number of ether oxygens (including phenoxy) is 2. The van der Waals surface area contributed by atoms with Gasteiger partial charge in [-0.05, 0) is 24.6 Å². The molecule has 2 heterocycles. The van der Waals surface area contributed by atoms with Gasteiger partial charge in [-0.2, -0.15) is 0 Å². The second-order valence-electron chi connectivity index (χ2n) is 8.31. The van der Waals surface area contributed by atoms with Gasteiger partial charge in [-0.3, -0.25) is 9.59 Å². The molecule has 2 amide bonds. The van der Waals surface area contributed by atoms with Gasteiger partial charge < -0.3 is 24.3 Å². The van der Waals surface area contributed by atoms with Crippen LogP contribution in [0.3, 0.4) is 0 Å². The van der Waals surface area contributed by atoms with Crippen LogP contribution in [0.2, 0.25) is 5.02 Å². The lowest BCUT2D eigenvalue weighted by Gasteiger charge is -2.44. The molecule has 0 aliphatic carbocycles. The zero-order chi connectivity index (χ0) is 25.2. The minimum atomic E-state index is -1.31. The maximum Gasteiger partial charge on any atom is 0.359 e. The second kappa shape index (κ2) is 9.79. The van der Waals surface area contributed by atoms with Crippen molar-refractivity contribution in [1.82, 2.24) is 19.8 Å². The first-order valence-corrected chi connectivity index (χ1v) is 11.3. The molecule has 1 atom stereocenters. The molecule has 1 aliphatic rings. The van der Waals surface area contributed by atoms with Crippen LogP contribution in [0.5, 0.6) is 5.75 Å². The highest BCUT2D eigenvalue weighted by molar-refractivity contribution is 6.31. The van der Waals surface area contributed by atoms with Crippen molar-refractivity contribution in [2.45, 2.75) is 32.1 Å². The molecule has 0 radical (unpaired) electrons. The molecule has 2 aromatic carbocycles. The summed E-state index contributed by atoms with van der Waals surface area (Å²) in [5.41, 5.74) is 0.123. The van der Waals surface area contributed by atoms with Gasteiger partial charge in [0.05, 0.1) is 27.1 Å². The van der Waals surface area contributed by atoms with Gasteiger partial charge >= 0.3 is 5.97 Å². The van der Waals surface area contributed by atoms with Gasteiger partial charge in [-0.15, -0.1) is 0 Å². The molecule has 182 valence electrons. The average Bonchev–Trinajstić information content (AvgIpc) is 3.29. The lowest BCUT2D eigenvalue weighted by atomic mass is 9.93. The SMILES string of the molecule is COC(=O)c1ncn2c1C(=O)N(Cc1ccccc1Cl)[C@](C)(C(=O)NCc1ccccc1OC)C2. The zero-order valence-electron chi connectivity index (χ0n) is 19.6. The number of halogens is 1. The van der Waals surface area contributed by atoms with E-state index in [0.717, 1.165) is 5.56 Å². The summed E-state index contributed by atoms with van der Waals surface area (Å²) in [5.74, 6) is -0.981. The Labute approximate surface area is 207 Å². The van der Waals surface area contributed by atoms with E-state index in [9.17, 15) is 14.4 Å². The first kappa shape index (κ1) is 24.3. The highest BCUT2D eigenvalue weighted by atomic mass is 35.5. The molecule has 0 saturated heterocycles. The largest absolute Gasteiger partial charge is 0.496 e. The molecule has 0 fully saturated rings. The van der Waals surface area contributed by atoms with Crippen LogP contribution in [0.4, 0.5) is 0 Å². The van der Waals surface area contributed by atoms with E-state index in [1.54, 1.807) is 38.3 Å². The van der Waals surface area contributed by atoms with Gasteiger partial charge in [0.1, 0.15) is 17.0 Å². The van der Waals surface area contributed by atoms with Crippen molar-refractivity contribution in [2.75, 3.05) is 14.2 Å². The Bertz CT molecular complexity index is 1290. The highest BCUT2D eigenvalue weighted by Crippen LogP contribution is 2.32. The molecule has 1 aromatic heterocycles. The fourth-order valence-corrected chi connectivity index (χ4v) is 4.39. The summed E-state index contributed by atoms with van der Waals surface area (Å²) in [6, 6.07) is 14.5. The Balaban J connectivity index is 1.71. The normalized spacial score (nSPS) is 17.0. The number of nitrogens with zero attached hydrogens (tertiary/aromatic N) is 3. The van der Waals surface area contributed by atoms with Crippen LogP contribution >= 0.6 is 11.6 Å². The Morgan fingerprint density at radius 2 is 1.80 bits per heavy atom. The first-order valence-electron chi connectivity index (χ1n) is 10.9. The van der Waals surface area contributed by atoms with Crippen LogP contribution in [0.15, 0.2) is 54.9 Å². The number of amides is 2. The third-order valence-corrected chi connectivity index (χ3v) is 6.51. The van der Waals surface area contributed by atoms with Gasteiger partial charge in [-0.25, -0.2) is 9.78 Å². The molecule has 35 heavy (non-hydrogen) atoms. The van der Waals surface area contributed by atoms with Gasteiger partial charge in [0, 0.05) is 23.7 Å². The number of carbonyl (C=O) groups is 3. The molecule has 1 N–H and O–H groups in total.